The van der Waals surface area contributed by atoms with E-state index >= 15 is 0 Å². The van der Waals surface area contributed by atoms with Gasteiger partial charge in [-0.25, -0.2) is 4.98 Å². The second-order valence-electron chi connectivity index (χ2n) is 6.16. The summed E-state index contributed by atoms with van der Waals surface area (Å²) in [4.78, 5) is 4.85. The van der Waals surface area contributed by atoms with Crippen LogP contribution >= 0.6 is 0 Å². The number of hydrogen-bond acceptors (Lipinski definition) is 1. The monoisotopic (exact) mass is 324 g/mol. The highest BCUT2D eigenvalue weighted by molar-refractivity contribution is 5.80. The van der Waals surface area contributed by atoms with Gasteiger partial charge in [0.2, 0.25) is 0 Å². The van der Waals surface area contributed by atoms with Crippen molar-refractivity contribution in [3.8, 4) is 0 Å². The molecule has 122 valence electrons. The van der Waals surface area contributed by atoms with E-state index in [1.54, 1.807) is 0 Å². The summed E-state index contributed by atoms with van der Waals surface area (Å²) in [6, 6.07) is 29.4. The lowest BCUT2D eigenvalue weighted by molar-refractivity contribution is 0.652. The Bertz CT molecular complexity index is 998. The molecule has 0 unspecified atom stereocenters. The van der Waals surface area contributed by atoms with Crippen LogP contribution in [0.15, 0.2) is 84.9 Å². The second kappa shape index (κ2) is 6.78. The van der Waals surface area contributed by atoms with Crippen LogP contribution in [-0.4, -0.2) is 9.55 Å². The maximum atomic E-state index is 4.85. The smallest absolute Gasteiger partial charge is 0.134 e. The molecular weight excluding hydrogens is 304 g/mol. The number of hydrogen-bond donors (Lipinski definition) is 0. The van der Waals surface area contributed by atoms with Gasteiger partial charge >= 0.3 is 0 Å². The normalized spacial score (nSPS) is 12.7. The molecule has 1 atom stereocenters. The summed E-state index contributed by atoms with van der Waals surface area (Å²) >= 11 is 0. The Morgan fingerprint density at radius 1 is 0.760 bits per heavy atom. The summed E-state index contributed by atoms with van der Waals surface area (Å²) in [5, 5.41) is 0. The Morgan fingerprint density at radius 2 is 1.40 bits per heavy atom. The first kappa shape index (κ1) is 15.4. The van der Waals surface area contributed by atoms with Gasteiger partial charge in [0, 0.05) is 0 Å². The van der Waals surface area contributed by atoms with Crippen LogP contribution in [0.3, 0.4) is 0 Å². The lowest BCUT2D eigenvalue weighted by Gasteiger charge is -2.17. The van der Waals surface area contributed by atoms with Gasteiger partial charge in [-0.1, -0.05) is 78.9 Å². The summed E-state index contributed by atoms with van der Waals surface area (Å²) < 4.78 is 2.31. The average molecular weight is 324 g/mol. The Kier molecular flexibility index (Phi) is 4.17. The van der Waals surface area contributed by atoms with Crippen molar-refractivity contribution in [2.24, 2.45) is 0 Å². The minimum atomic E-state index is 0.212. The van der Waals surface area contributed by atoms with Crippen molar-refractivity contribution >= 4 is 23.2 Å². The molecule has 0 radical (unpaired) electrons. The van der Waals surface area contributed by atoms with Gasteiger partial charge in [-0.05, 0) is 36.3 Å². The van der Waals surface area contributed by atoms with E-state index in [4.69, 9.17) is 4.98 Å². The molecule has 1 heterocycles. The third kappa shape index (κ3) is 3.11. The fourth-order valence-corrected chi connectivity index (χ4v) is 3.20. The Labute approximate surface area is 148 Å². The maximum Gasteiger partial charge on any atom is 0.134 e. The van der Waals surface area contributed by atoms with Crippen LogP contribution in [-0.2, 0) is 0 Å². The maximum absolute atomic E-state index is 4.85. The van der Waals surface area contributed by atoms with Crippen LogP contribution in [0.4, 0.5) is 0 Å². The predicted octanol–water partition coefficient (Wildman–Crippen LogP) is 5.82. The van der Waals surface area contributed by atoms with Crippen molar-refractivity contribution in [2.45, 2.75) is 13.0 Å². The van der Waals surface area contributed by atoms with Gasteiger partial charge in [-0.2, -0.15) is 0 Å². The van der Waals surface area contributed by atoms with E-state index < -0.39 is 0 Å². The predicted molar refractivity (Wildman–Crippen MR) is 105 cm³/mol. The minimum absolute atomic E-state index is 0.212. The van der Waals surface area contributed by atoms with E-state index in [0.717, 1.165) is 16.9 Å². The standard InChI is InChI=1S/C23H20N2/c1-18(20-12-6-3-7-13-20)25-22-15-9-8-14-21(22)24-23(25)17-16-19-10-4-2-5-11-19/h2-18H,1H3/b17-16+/t18-/m0/s1. The molecule has 3 aromatic carbocycles. The number of fused-ring (bicyclic) bond motifs is 1. The molecule has 0 spiro atoms. The van der Waals surface area contributed by atoms with Crippen molar-refractivity contribution in [1.82, 2.24) is 9.55 Å². The first-order valence-corrected chi connectivity index (χ1v) is 8.58. The van der Waals surface area contributed by atoms with Crippen LogP contribution in [0.5, 0.6) is 0 Å². The van der Waals surface area contributed by atoms with Crippen LogP contribution in [0.25, 0.3) is 23.2 Å². The van der Waals surface area contributed by atoms with E-state index in [2.05, 4.69) is 96.4 Å². The summed E-state index contributed by atoms with van der Waals surface area (Å²) in [5.41, 5.74) is 4.64. The second-order valence-corrected chi connectivity index (χ2v) is 6.16. The Morgan fingerprint density at radius 3 is 2.16 bits per heavy atom. The SMILES string of the molecule is C[C@@H](c1ccccc1)n1c(/C=C/c2ccccc2)nc2ccccc21. The molecule has 0 aliphatic carbocycles. The molecule has 0 bridgehead atoms. The average Bonchev–Trinajstić information content (AvgIpc) is 3.05. The largest absolute Gasteiger partial charge is 0.317 e. The van der Waals surface area contributed by atoms with E-state index in [1.807, 2.05) is 12.1 Å². The zero-order valence-electron chi connectivity index (χ0n) is 14.2. The van der Waals surface area contributed by atoms with Crippen molar-refractivity contribution in [1.29, 1.82) is 0 Å². The third-order valence-corrected chi connectivity index (χ3v) is 4.52. The zero-order chi connectivity index (χ0) is 17.1. The molecule has 0 fully saturated rings. The topological polar surface area (TPSA) is 17.8 Å². The van der Waals surface area contributed by atoms with Crippen molar-refractivity contribution < 1.29 is 0 Å². The van der Waals surface area contributed by atoms with Crippen molar-refractivity contribution in [3.63, 3.8) is 0 Å². The Hall–Kier alpha value is -3.13. The zero-order valence-corrected chi connectivity index (χ0v) is 14.2. The lowest BCUT2D eigenvalue weighted by Crippen LogP contribution is -2.08. The minimum Gasteiger partial charge on any atom is -0.317 e. The van der Waals surface area contributed by atoms with Gasteiger partial charge in [0.15, 0.2) is 0 Å². The van der Waals surface area contributed by atoms with E-state index in [-0.39, 0.29) is 6.04 Å². The quantitative estimate of drug-likeness (QED) is 0.463. The highest BCUT2D eigenvalue weighted by Gasteiger charge is 2.15. The van der Waals surface area contributed by atoms with Gasteiger partial charge in [0.25, 0.3) is 0 Å². The van der Waals surface area contributed by atoms with Crippen molar-refractivity contribution in [2.75, 3.05) is 0 Å². The molecule has 0 N–H and O–H groups in total. The molecule has 0 amide bonds. The highest BCUT2D eigenvalue weighted by atomic mass is 15.1. The van der Waals surface area contributed by atoms with Gasteiger partial charge < -0.3 is 4.57 Å². The molecule has 0 saturated heterocycles. The molecule has 4 rings (SSSR count). The van der Waals surface area contributed by atoms with Crippen LogP contribution in [0.2, 0.25) is 0 Å². The van der Waals surface area contributed by atoms with Gasteiger partial charge in [0.1, 0.15) is 5.82 Å². The van der Waals surface area contributed by atoms with Crippen molar-refractivity contribution in [3.05, 3.63) is 102 Å². The van der Waals surface area contributed by atoms with Crippen LogP contribution in [0.1, 0.15) is 29.9 Å². The van der Waals surface area contributed by atoms with E-state index in [9.17, 15) is 0 Å². The van der Waals surface area contributed by atoms with Gasteiger partial charge in [-0.15, -0.1) is 0 Å². The summed E-state index contributed by atoms with van der Waals surface area (Å²) in [7, 11) is 0. The molecule has 0 saturated carbocycles. The molecule has 1 aromatic heterocycles. The molecule has 4 aromatic rings. The van der Waals surface area contributed by atoms with Crippen LogP contribution < -0.4 is 0 Å². The summed E-state index contributed by atoms with van der Waals surface area (Å²) in [6.45, 7) is 2.23. The summed E-state index contributed by atoms with van der Waals surface area (Å²) in [5.74, 6) is 0.974. The lowest BCUT2D eigenvalue weighted by atomic mass is 10.1. The first-order valence-electron chi connectivity index (χ1n) is 8.58. The number of imidazole rings is 1. The number of rotatable bonds is 4. The molecular formula is C23H20N2. The van der Waals surface area contributed by atoms with E-state index in [0.29, 0.717) is 0 Å². The molecule has 0 aliphatic heterocycles. The fourth-order valence-electron chi connectivity index (χ4n) is 3.20. The number of nitrogens with zero attached hydrogens (tertiary/aromatic N) is 2. The Balaban J connectivity index is 1.82. The highest BCUT2D eigenvalue weighted by Crippen LogP contribution is 2.27. The first-order chi connectivity index (χ1) is 12.3. The number of para-hydroxylation sites is 2. The van der Waals surface area contributed by atoms with Crippen LogP contribution in [0, 0.1) is 0 Å². The molecule has 2 nitrogen and oxygen atoms in total. The van der Waals surface area contributed by atoms with E-state index in [1.165, 1.54) is 11.1 Å². The third-order valence-electron chi connectivity index (χ3n) is 4.52. The van der Waals surface area contributed by atoms with Gasteiger partial charge in [-0.3, -0.25) is 0 Å². The molecule has 0 aliphatic rings. The molecule has 25 heavy (non-hydrogen) atoms. The number of aromatic nitrogens is 2. The molecule has 2 heteroatoms. The summed E-state index contributed by atoms with van der Waals surface area (Å²) in [6.07, 6.45) is 4.23. The number of benzene rings is 3. The fraction of sp³-hybridized carbons (Fsp3) is 0.0870. The van der Waals surface area contributed by atoms with Gasteiger partial charge in [0.05, 0.1) is 17.1 Å².